The predicted molar refractivity (Wildman–Crippen MR) is 125 cm³/mol. The van der Waals surface area contributed by atoms with Crippen molar-refractivity contribution in [2.45, 2.75) is 19.4 Å². The standard InChI is InChI=1S/C24H23FN4O2S/c1-31-17-7-5-15(6-8-17)13-26-24(30)16-9-11-29(12-10-16)23-22-21(27-14-28-23)20-18(25)3-2-4-19(20)32-22/h2-8,14,16H,9-13H2,1H3,(H,26,30). The Morgan fingerprint density at radius 2 is 1.97 bits per heavy atom. The van der Waals surface area contributed by atoms with Crippen LogP contribution in [-0.2, 0) is 11.3 Å². The largest absolute Gasteiger partial charge is 0.497 e. The minimum Gasteiger partial charge on any atom is -0.497 e. The van der Waals surface area contributed by atoms with Crippen LogP contribution in [0.1, 0.15) is 18.4 Å². The predicted octanol–water partition coefficient (Wildman–Crippen LogP) is 4.53. The maximum Gasteiger partial charge on any atom is 0.223 e. The number of fused-ring (bicyclic) bond motifs is 3. The molecule has 0 atom stereocenters. The molecule has 32 heavy (non-hydrogen) atoms. The molecular weight excluding hydrogens is 427 g/mol. The summed E-state index contributed by atoms with van der Waals surface area (Å²) in [5, 5.41) is 3.61. The number of anilines is 1. The second kappa shape index (κ2) is 8.70. The van der Waals surface area contributed by atoms with Crippen molar-refractivity contribution in [1.82, 2.24) is 15.3 Å². The van der Waals surface area contributed by atoms with Gasteiger partial charge in [-0.1, -0.05) is 18.2 Å². The zero-order valence-electron chi connectivity index (χ0n) is 17.7. The van der Waals surface area contributed by atoms with E-state index in [0.717, 1.165) is 52.5 Å². The van der Waals surface area contributed by atoms with Crippen molar-refractivity contribution in [2.24, 2.45) is 5.92 Å². The molecule has 1 saturated heterocycles. The molecule has 1 fully saturated rings. The average molecular weight is 451 g/mol. The normalized spacial score (nSPS) is 14.8. The number of hydrogen-bond donors (Lipinski definition) is 1. The number of ether oxygens (including phenoxy) is 1. The second-order valence-corrected chi connectivity index (χ2v) is 8.97. The Hall–Kier alpha value is -3.26. The molecule has 6 nitrogen and oxygen atoms in total. The maximum absolute atomic E-state index is 14.4. The Kier molecular flexibility index (Phi) is 5.61. The van der Waals surface area contributed by atoms with Crippen LogP contribution in [0, 0.1) is 11.7 Å². The summed E-state index contributed by atoms with van der Waals surface area (Å²) in [5.41, 5.74) is 1.70. The molecule has 0 spiro atoms. The van der Waals surface area contributed by atoms with Gasteiger partial charge in [-0.3, -0.25) is 4.79 Å². The Morgan fingerprint density at radius 3 is 2.72 bits per heavy atom. The highest BCUT2D eigenvalue weighted by molar-refractivity contribution is 7.26. The first-order valence-corrected chi connectivity index (χ1v) is 11.4. The Balaban J connectivity index is 1.25. The van der Waals surface area contributed by atoms with Gasteiger partial charge in [0.05, 0.1) is 22.7 Å². The Morgan fingerprint density at radius 1 is 1.19 bits per heavy atom. The fraction of sp³-hybridized carbons (Fsp3) is 0.292. The first kappa shape index (κ1) is 20.6. The summed E-state index contributed by atoms with van der Waals surface area (Å²) in [6.07, 6.45) is 3.00. The van der Waals surface area contributed by atoms with Gasteiger partial charge in [0.15, 0.2) is 0 Å². The minimum atomic E-state index is -0.259. The number of rotatable bonds is 5. The molecular formula is C24H23FN4O2S. The van der Waals surface area contributed by atoms with Gasteiger partial charge in [-0.05, 0) is 42.7 Å². The molecule has 0 radical (unpaired) electrons. The summed E-state index contributed by atoms with van der Waals surface area (Å²) in [7, 11) is 1.63. The molecule has 1 aliphatic heterocycles. The number of piperidine rings is 1. The van der Waals surface area contributed by atoms with Crippen molar-refractivity contribution in [3.05, 3.63) is 60.2 Å². The van der Waals surface area contributed by atoms with E-state index in [1.54, 1.807) is 13.2 Å². The number of carbonyl (C=O) groups is 1. The van der Waals surface area contributed by atoms with Gasteiger partial charge in [-0.15, -0.1) is 11.3 Å². The zero-order valence-corrected chi connectivity index (χ0v) is 18.5. The summed E-state index contributed by atoms with van der Waals surface area (Å²) >= 11 is 1.52. The minimum absolute atomic E-state index is 0.0262. The second-order valence-electron chi connectivity index (χ2n) is 7.92. The number of hydrogen-bond acceptors (Lipinski definition) is 6. The van der Waals surface area contributed by atoms with Crippen molar-refractivity contribution in [2.75, 3.05) is 25.1 Å². The molecule has 2 aromatic carbocycles. The van der Waals surface area contributed by atoms with E-state index < -0.39 is 0 Å². The van der Waals surface area contributed by atoms with Crippen LogP contribution in [0.3, 0.4) is 0 Å². The Bertz CT molecular complexity index is 1270. The van der Waals surface area contributed by atoms with E-state index in [1.807, 2.05) is 30.3 Å². The average Bonchev–Trinajstić information content (AvgIpc) is 3.23. The number of nitrogens with one attached hydrogen (secondary N) is 1. The molecule has 3 heterocycles. The third-order valence-corrected chi connectivity index (χ3v) is 7.14. The van der Waals surface area contributed by atoms with Crippen LogP contribution < -0.4 is 15.0 Å². The highest BCUT2D eigenvalue weighted by Gasteiger charge is 2.27. The molecule has 4 aromatic rings. The molecule has 8 heteroatoms. The lowest BCUT2D eigenvalue weighted by Gasteiger charge is -2.32. The first-order chi connectivity index (χ1) is 15.6. The van der Waals surface area contributed by atoms with Gasteiger partial charge in [-0.25, -0.2) is 14.4 Å². The monoisotopic (exact) mass is 450 g/mol. The van der Waals surface area contributed by atoms with Crippen LogP contribution in [-0.4, -0.2) is 36.1 Å². The van der Waals surface area contributed by atoms with Crippen molar-refractivity contribution < 1.29 is 13.9 Å². The smallest absolute Gasteiger partial charge is 0.223 e. The van der Waals surface area contributed by atoms with E-state index in [2.05, 4.69) is 20.2 Å². The van der Waals surface area contributed by atoms with Crippen LogP contribution in [0.5, 0.6) is 5.75 Å². The number of methoxy groups -OCH3 is 1. The van der Waals surface area contributed by atoms with Crippen LogP contribution in [0.25, 0.3) is 20.3 Å². The molecule has 0 aliphatic carbocycles. The van der Waals surface area contributed by atoms with Gasteiger partial charge in [0, 0.05) is 30.3 Å². The van der Waals surface area contributed by atoms with E-state index in [9.17, 15) is 9.18 Å². The van der Waals surface area contributed by atoms with Crippen LogP contribution in [0.15, 0.2) is 48.8 Å². The van der Waals surface area contributed by atoms with Crippen molar-refractivity contribution in [1.29, 1.82) is 0 Å². The quantitative estimate of drug-likeness (QED) is 0.484. The van der Waals surface area contributed by atoms with E-state index in [0.29, 0.717) is 17.4 Å². The molecule has 1 N–H and O–H groups in total. The molecule has 2 aromatic heterocycles. The van der Waals surface area contributed by atoms with Gasteiger partial charge >= 0.3 is 0 Å². The van der Waals surface area contributed by atoms with Gasteiger partial charge in [0.2, 0.25) is 5.91 Å². The molecule has 0 saturated carbocycles. The fourth-order valence-corrected chi connectivity index (χ4v) is 5.41. The maximum atomic E-state index is 14.4. The topological polar surface area (TPSA) is 67.3 Å². The number of halogens is 1. The summed E-state index contributed by atoms with van der Waals surface area (Å²) in [6, 6.07) is 12.8. The lowest BCUT2D eigenvalue weighted by molar-refractivity contribution is -0.125. The highest BCUT2D eigenvalue weighted by Crippen LogP contribution is 2.39. The Labute approximate surface area is 189 Å². The van der Waals surface area contributed by atoms with E-state index in [1.165, 1.54) is 23.7 Å². The first-order valence-electron chi connectivity index (χ1n) is 10.6. The van der Waals surface area contributed by atoms with Gasteiger partial charge in [0.1, 0.15) is 23.7 Å². The fourth-order valence-electron chi connectivity index (χ4n) is 4.22. The lowest BCUT2D eigenvalue weighted by Crippen LogP contribution is -2.40. The van der Waals surface area contributed by atoms with Crippen molar-refractivity contribution in [3.8, 4) is 5.75 Å². The van der Waals surface area contributed by atoms with Crippen LogP contribution in [0.4, 0.5) is 10.2 Å². The third kappa shape index (κ3) is 3.86. The third-order valence-electron chi connectivity index (χ3n) is 6.00. The molecule has 164 valence electrons. The van der Waals surface area contributed by atoms with Crippen molar-refractivity contribution in [3.63, 3.8) is 0 Å². The number of nitrogens with zero attached hydrogens (tertiary/aromatic N) is 3. The molecule has 1 amide bonds. The zero-order chi connectivity index (χ0) is 22.1. The lowest BCUT2D eigenvalue weighted by atomic mass is 9.95. The summed E-state index contributed by atoms with van der Waals surface area (Å²) in [4.78, 5) is 23.7. The number of benzene rings is 2. The number of thiophene rings is 1. The number of aromatic nitrogens is 2. The highest BCUT2D eigenvalue weighted by atomic mass is 32.1. The summed E-state index contributed by atoms with van der Waals surface area (Å²) in [5.74, 6) is 1.42. The van der Waals surface area contributed by atoms with Gasteiger partial charge in [-0.2, -0.15) is 0 Å². The SMILES string of the molecule is COc1ccc(CNC(=O)C2CCN(c3ncnc4c3sc3cccc(F)c34)CC2)cc1. The number of amides is 1. The van der Waals surface area contributed by atoms with E-state index in [4.69, 9.17) is 4.74 Å². The van der Waals surface area contributed by atoms with Gasteiger partial charge < -0.3 is 15.0 Å². The summed E-state index contributed by atoms with van der Waals surface area (Å²) < 4.78 is 21.3. The molecule has 0 bridgehead atoms. The molecule has 0 unspecified atom stereocenters. The number of carbonyl (C=O) groups excluding carboxylic acids is 1. The van der Waals surface area contributed by atoms with E-state index in [-0.39, 0.29) is 17.6 Å². The van der Waals surface area contributed by atoms with E-state index >= 15 is 0 Å². The molecule has 1 aliphatic rings. The van der Waals surface area contributed by atoms with Crippen LogP contribution in [0.2, 0.25) is 0 Å². The van der Waals surface area contributed by atoms with Gasteiger partial charge in [0.25, 0.3) is 0 Å². The van der Waals surface area contributed by atoms with Crippen molar-refractivity contribution >= 4 is 43.4 Å². The summed E-state index contributed by atoms with van der Waals surface area (Å²) in [6.45, 7) is 1.95. The van der Waals surface area contributed by atoms with Crippen LogP contribution >= 0.6 is 11.3 Å². The molecule has 5 rings (SSSR count).